The minimum Gasteiger partial charge on any atom is -0.493 e. The van der Waals surface area contributed by atoms with E-state index in [1.54, 1.807) is 20.3 Å². The molecule has 0 bridgehead atoms. The molecule has 144 valence electrons. The average Bonchev–Trinajstić information content (AvgIpc) is 3.15. The predicted molar refractivity (Wildman–Crippen MR) is 110 cm³/mol. The van der Waals surface area contributed by atoms with Crippen molar-refractivity contribution in [1.29, 1.82) is 0 Å². The molecule has 0 saturated carbocycles. The highest BCUT2D eigenvalue weighted by Crippen LogP contribution is 2.33. The number of nitrogens with zero attached hydrogens (tertiary/aromatic N) is 3. The van der Waals surface area contributed by atoms with Gasteiger partial charge in [0.05, 0.1) is 20.0 Å². The van der Waals surface area contributed by atoms with Crippen LogP contribution in [0.15, 0.2) is 66.3 Å². The molecule has 7 heteroatoms. The number of hydrogen-bond acceptors (Lipinski definition) is 6. The summed E-state index contributed by atoms with van der Waals surface area (Å²) in [5.41, 5.74) is 1.53. The molecule has 0 atom stereocenters. The van der Waals surface area contributed by atoms with E-state index in [0.29, 0.717) is 34.6 Å². The fraction of sp³-hybridized carbons (Fsp3) is 0.190. The average molecular weight is 395 g/mol. The van der Waals surface area contributed by atoms with Gasteiger partial charge in [0.1, 0.15) is 0 Å². The van der Waals surface area contributed by atoms with E-state index in [-0.39, 0.29) is 11.5 Å². The number of benzene rings is 2. The van der Waals surface area contributed by atoms with E-state index in [9.17, 15) is 4.79 Å². The minimum atomic E-state index is 0.0476. The van der Waals surface area contributed by atoms with Crippen molar-refractivity contribution in [2.75, 3.05) is 20.0 Å². The van der Waals surface area contributed by atoms with Crippen LogP contribution < -0.4 is 9.47 Å². The Labute approximate surface area is 168 Å². The van der Waals surface area contributed by atoms with Gasteiger partial charge in [-0.25, -0.2) is 0 Å². The number of methoxy groups -OCH3 is 2. The van der Waals surface area contributed by atoms with E-state index in [1.165, 1.54) is 11.8 Å². The normalized spacial score (nSPS) is 10.5. The van der Waals surface area contributed by atoms with Crippen LogP contribution in [0.4, 0.5) is 0 Å². The lowest BCUT2D eigenvalue weighted by atomic mass is 10.2. The maximum absolute atomic E-state index is 12.4. The summed E-state index contributed by atoms with van der Waals surface area (Å²) < 4.78 is 12.6. The van der Waals surface area contributed by atoms with Crippen LogP contribution in [0.5, 0.6) is 11.5 Å². The topological polar surface area (TPSA) is 66.2 Å². The third-order valence-electron chi connectivity index (χ3n) is 4.10. The summed E-state index contributed by atoms with van der Waals surface area (Å²) in [6, 6.07) is 14.8. The van der Waals surface area contributed by atoms with Gasteiger partial charge in [-0.1, -0.05) is 48.2 Å². The van der Waals surface area contributed by atoms with Gasteiger partial charge in [0, 0.05) is 17.7 Å². The van der Waals surface area contributed by atoms with Gasteiger partial charge in [0.15, 0.2) is 28.3 Å². The Morgan fingerprint density at radius 3 is 2.54 bits per heavy atom. The molecular formula is C21H21N3O3S. The number of ether oxygens (including phenoxy) is 2. The Hall–Kier alpha value is -3.06. The van der Waals surface area contributed by atoms with Gasteiger partial charge in [-0.15, -0.1) is 16.8 Å². The molecule has 3 aromatic rings. The first kappa shape index (κ1) is 19.7. The van der Waals surface area contributed by atoms with Gasteiger partial charge in [0.2, 0.25) is 0 Å². The third kappa shape index (κ3) is 4.26. The molecule has 2 aromatic carbocycles. The number of aromatic nitrogens is 3. The number of Topliss-reactive ketones (excluding diaryl/α,β-unsaturated/α-hetero) is 1. The highest BCUT2D eigenvalue weighted by Gasteiger charge is 2.17. The zero-order valence-electron chi connectivity index (χ0n) is 15.8. The summed E-state index contributed by atoms with van der Waals surface area (Å²) in [6.07, 6.45) is 1.77. The number of carbonyl (C=O) groups is 1. The first-order valence-electron chi connectivity index (χ1n) is 8.65. The van der Waals surface area contributed by atoms with Gasteiger partial charge in [-0.2, -0.15) is 0 Å². The molecule has 0 aliphatic heterocycles. The molecule has 0 radical (unpaired) electrons. The monoisotopic (exact) mass is 395 g/mol. The van der Waals surface area contributed by atoms with Crippen LogP contribution in [0.3, 0.4) is 0 Å². The number of allylic oxidation sites excluding steroid dienone is 1. The van der Waals surface area contributed by atoms with Gasteiger partial charge in [-0.05, 0) is 18.2 Å². The Balaban J connectivity index is 1.86. The number of thioether (sulfide) groups is 1. The fourth-order valence-electron chi connectivity index (χ4n) is 2.72. The second-order valence-corrected chi connectivity index (χ2v) is 6.80. The number of ketones is 1. The molecule has 0 aliphatic carbocycles. The smallest absolute Gasteiger partial charge is 0.192 e. The molecule has 0 fully saturated rings. The lowest BCUT2D eigenvalue weighted by Crippen LogP contribution is -2.05. The SMILES string of the molecule is C=CCn1c(SCC(=O)c2ccccc2)nnc1-c1ccc(OC)c(OC)c1. The van der Waals surface area contributed by atoms with E-state index in [4.69, 9.17) is 9.47 Å². The van der Waals surface area contributed by atoms with Crippen LogP contribution in [-0.2, 0) is 6.54 Å². The molecule has 0 unspecified atom stereocenters. The third-order valence-corrected chi connectivity index (χ3v) is 5.07. The Morgan fingerprint density at radius 1 is 1.11 bits per heavy atom. The van der Waals surface area contributed by atoms with Gasteiger partial charge in [0.25, 0.3) is 0 Å². The van der Waals surface area contributed by atoms with E-state index >= 15 is 0 Å². The molecule has 1 aromatic heterocycles. The first-order chi connectivity index (χ1) is 13.7. The Morgan fingerprint density at radius 2 is 1.86 bits per heavy atom. The van der Waals surface area contributed by atoms with Crippen molar-refractivity contribution in [3.05, 3.63) is 66.7 Å². The van der Waals surface area contributed by atoms with Crippen molar-refractivity contribution in [2.24, 2.45) is 0 Å². The largest absolute Gasteiger partial charge is 0.493 e. The molecule has 6 nitrogen and oxygen atoms in total. The molecule has 3 rings (SSSR count). The maximum atomic E-state index is 12.4. The van der Waals surface area contributed by atoms with Crippen LogP contribution in [-0.4, -0.2) is 40.5 Å². The standard InChI is InChI=1S/C21H21N3O3S/c1-4-12-24-20(16-10-11-18(26-2)19(13-16)27-3)22-23-21(24)28-14-17(25)15-8-6-5-7-9-15/h4-11,13H,1,12,14H2,2-3H3. The van der Waals surface area contributed by atoms with Crippen molar-refractivity contribution in [3.63, 3.8) is 0 Å². The van der Waals surface area contributed by atoms with Crippen LogP contribution in [0.25, 0.3) is 11.4 Å². The van der Waals surface area contributed by atoms with E-state index in [2.05, 4.69) is 16.8 Å². The highest BCUT2D eigenvalue weighted by molar-refractivity contribution is 7.99. The van der Waals surface area contributed by atoms with Crippen molar-refractivity contribution < 1.29 is 14.3 Å². The highest BCUT2D eigenvalue weighted by atomic mass is 32.2. The summed E-state index contributed by atoms with van der Waals surface area (Å²) in [5.74, 6) is 2.26. The fourth-order valence-corrected chi connectivity index (χ4v) is 3.56. The second kappa shape index (κ2) is 9.23. The van der Waals surface area contributed by atoms with Crippen molar-refractivity contribution in [1.82, 2.24) is 14.8 Å². The molecule has 1 heterocycles. The molecule has 0 spiro atoms. The van der Waals surface area contributed by atoms with Gasteiger partial charge < -0.3 is 9.47 Å². The summed E-state index contributed by atoms with van der Waals surface area (Å²) in [6.45, 7) is 4.34. The minimum absolute atomic E-state index is 0.0476. The first-order valence-corrected chi connectivity index (χ1v) is 9.64. The predicted octanol–water partition coefficient (Wildman–Crippen LogP) is 4.12. The van der Waals surface area contributed by atoms with Gasteiger partial charge >= 0.3 is 0 Å². The summed E-state index contributed by atoms with van der Waals surface area (Å²) >= 11 is 1.36. The summed E-state index contributed by atoms with van der Waals surface area (Å²) in [4.78, 5) is 12.4. The lowest BCUT2D eigenvalue weighted by Gasteiger charge is -2.11. The molecule has 0 saturated heterocycles. The van der Waals surface area contributed by atoms with Crippen LogP contribution >= 0.6 is 11.8 Å². The zero-order chi connectivity index (χ0) is 19.9. The van der Waals surface area contributed by atoms with Gasteiger partial charge in [-0.3, -0.25) is 9.36 Å². The van der Waals surface area contributed by atoms with E-state index < -0.39 is 0 Å². The quantitative estimate of drug-likeness (QED) is 0.308. The maximum Gasteiger partial charge on any atom is 0.192 e. The Kier molecular flexibility index (Phi) is 6.49. The summed E-state index contributed by atoms with van der Waals surface area (Å²) in [7, 11) is 3.18. The van der Waals surface area contributed by atoms with E-state index in [0.717, 1.165) is 5.56 Å². The van der Waals surface area contributed by atoms with Crippen LogP contribution in [0.2, 0.25) is 0 Å². The Bertz CT molecular complexity index is 970. The van der Waals surface area contributed by atoms with Crippen molar-refractivity contribution >= 4 is 17.5 Å². The van der Waals surface area contributed by atoms with Crippen molar-refractivity contribution in [3.8, 4) is 22.9 Å². The summed E-state index contributed by atoms with van der Waals surface area (Å²) in [5, 5.41) is 9.26. The number of rotatable bonds is 9. The van der Waals surface area contributed by atoms with Crippen LogP contribution in [0, 0.1) is 0 Å². The van der Waals surface area contributed by atoms with Crippen molar-refractivity contribution in [2.45, 2.75) is 11.7 Å². The molecule has 0 amide bonds. The molecular weight excluding hydrogens is 374 g/mol. The molecule has 0 aliphatic rings. The zero-order valence-corrected chi connectivity index (χ0v) is 16.6. The number of carbonyl (C=O) groups excluding carboxylic acids is 1. The molecule has 0 N–H and O–H groups in total. The molecule has 28 heavy (non-hydrogen) atoms. The van der Waals surface area contributed by atoms with Crippen LogP contribution in [0.1, 0.15) is 10.4 Å². The number of hydrogen-bond donors (Lipinski definition) is 0. The second-order valence-electron chi connectivity index (χ2n) is 5.85. The van der Waals surface area contributed by atoms with E-state index in [1.807, 2.05) is 53.1 Å². The lowest BCUT2D eigenvalue weighted by molar-refractivity contribution is 0.102.